The smallest absolute Gasteiger partial charge is 0.335 e. The first-order valence-corrected chi connectivity index (χ1v) is 6.90. The molecule has 0 unspecified atom stereocenters. The molecule has 7 heteroatoms. The summed E-state index contributed by atoms with van der Waals surface area (Å²) in [7, 11) is 0. The SMILES string of the molecule is CC1(C)CSC(Nc2ccc(Cl)c(C(F)(F)F)c2)=N1. The standard InChI is InChI=1S/C12H12ClF3N2S/c1-11(2)6-19-10(18-11)17-7-3-4-9(13)8(5-7)12(14,15)16/h3-5H,6H2,1-2H3,(H,17,18). The van der Waals surface area contributed by atoms with Gasteiger partial charge in [-0.2, -0.15) is 13.2 Å². The van der Waals surface area contributed by atoms with E-state index in [0.717, 1.165) is 11.8 Å². The zero-order valence-electron chi connectivity index (χ0n) is 10.3. The molecule has 1 aromatic rings. The van der Waals surface area contributed by atoms with Crippen molar-refractivity contribution in [3.63, 3.8) is 0 Å². The van der Waals surface area contributed by atoms with E-state index >= 15 is 0 Å². The Labute approximate surface area is 118 Å². The Morgan fingerprint density at radius 1 is 1.37 bits per heavy atom. The van der Waals surface area contributed by atoms with E-state index in [4.69, 9.17) is 11.6 Å². The van der Waals surface area contributed by atoms with Gasteiger partial charge in [0, 0.05) is 11.4 Å². The predicted octanol–water partition coefficient (Wildman–Crippen LogP) is 4.65. The molecule has 19 heavy (non-hydrogen) atoms. The van der Waals surface area contributed by atoms with Gasteiger partial charge >= 0.3 is 6.18 Å². The number of alkyl halides is 3. The van der Waals surface area contributed by atoms with Gasteiger partial charge < -0.3 is 5.32 Å². The molecule has 0 aliphatic carbocycles. The van der Waals surface area contributed by atoms with Crippen LogP contribution >= 0.6 is 23.4 Å². The molecule has 0 bridgehead atoms. The van der Waals surface area contributed by atoms with E-state index < -0.39 is 11.7 Å². The second-order valence-electron chi connectivity index (χ2n) is 4.84. The van der Waals surface area contributed by atoms with Gasteiger partial charge in [0.1, 0.15) is 0 Å². The second kappa shape index (κ2) is 4.90. The van der Waals surface area contributed by atoms with Crippen LogP contribution in [-0.2, 0) is 6.18 Å². The summed E-state index contributed by atoms with van der Waals surface area (Å²) in [5, 5.41) is 3.21. The summed E-state index contributed by atoms with van der Waals surface area (Å²) in [5.41, 5.74) is -0.700. The van der Waals surface area contributed by atoms with Crippen molar-refractivity contribution in [3.05, 3.63) is 28.8 Å². The number of rotatable bonds is 1. The fourth-order valence-electron chi connectivity index (χ4n) is 1.59. The maximum Gasteiger partial charge on any atom is 0.417 e. The Hall–Kier alpha value is -0.880. The van der Waals surface area contributed by atoms with Crippen molar-refractivity contribution in [3.8, 4) is 0 Å². The van der Waals surface area contributed by atoms with Crippen LogP contribution in [0.1, 0.15) is 19.4 Å². The molecule has 0 saturated heterocycles. The summed E-state index contributed by atoms with van der Waals surface area (Å²) in [5.74, 6) is 0.801. The molecule has 0 fully saturated rings. The highest BCUT2D eigenvalue weighted by Crippen LogP contribution is 2.36. The van der Waals surface area contributed by atoms with Crippen LogP contribution in [0.4, 0.5) is 18.9 Å². The molecule has 0 aromatic heterocycles. The summed E-state index contributed by atoms with van der Waals surface area (Å²) in [6, 6.07) is 3.74. The summed E-state index contributed by atoms with van der Waals surface area (Å²) >= 11 is 7.05. The van der Waals surface area contributed by atoms with Gasteiger partial charge in [-0.05, 0) is 32.0 Å². The summed E-state index contributed by atoms with van der Waals surface area (Å²) < 4.78 is 38.2. The number of hydrogen-bond acceptors (Lipinski definition) is 3. The van der Waals surface area contributed by atoms with Crippen molar-refractivity contribution in [1.29, 1.82) is 0 Å². The first-order valence-electron chi connectivity index (χ1n) is 5.54. The lowest BCUT2D eigenvalue weighted by Gasteiger charge is -2.12. The van der Waals surface area contributed by atoms with E-state index in [1.807, 2.05) is 13.8 Å². The molecule has 2 rings (SSSR count). The monoisotopic (exact) mass is 308 g/mol. The largest absolute Gasteiger partial charge is 0.417 e. The number of benzene rings is 1. The lowest BCUT2D eigenvalue weighted by Crippen LogP contribution is -2.15. The van der Waals surface area contributed by atoms with E-state index in [0.29, 0.717) is 10.9 Å². The molecule has 1 aromatic carbocycles. The van der Waals surface area contributed by atoms with Crippen molar-refractivity contribution < 1.29 is 13.2 Å². The lowest BCUT2D eigenvalue weighted by atomic mass is 10.1. The summed E-state index contributed by atoms with van der Waals surface area (Å²) in [4.78, 5) is 4.38. The molecule has 1 aliphatic rings. The molecule has 0 atom stereocenters. The van der Waals surface area contributed by atoms with Crippen LogP contribution in [0.3, 0.4) is 0 Å². The molecule has 1 heterocycles. The predicted molar refractivity (Wildman–Crippen MR) is 74.0 cm³/mol. The van der Waals surface area contributed by atoms with Gasteiger partial charge in [0.2, 0.25) is 0 Å². The topological polar surface area (TPSA) is 24.4 Å². The number of thioether (sulfide) groups is 1. The van der Waals surface area contributed by atoms with Crippen molar-refractivity contribution in [2.45, 2.75) is 25.6 Å². The number of amidine groups is 1. The number of anilines is 1. The molecule has 0 saturated carbocycles. The Morgan fingerprint density at radius 3 is 2.58 bits per heavy atom. The minimum atomic E-state index is -4.46. The quantitative estimate of drug-likeness (QED) is 0.816. The molecule has 104 valence electrons. The van der Waals surface area contributed by atoms with Crippen LogP contribution in [0, 0.1) is 0 Å². The number of nitrogens with one attached hydrogen (secondary N) is 1. The van der Waals surface area contributed by atoms with Crippen LogP contribution in [0.5, 0.6) is 0 Å². The van der Waals surface area contributed by atoms with Gasteiger partial charge in [0.15, 0.2) is 5.17 Å². The minimum Gasteiger partial charge on any atom is -0.335 e. The van der Waals surface area contributed by atoms with Crippen molar-refractivity contribution >= 4 is 34.2 Å². The number of hydrogen-bond donors (Lipinski definition) is 1. The molecule has 0 radical (unpaired) electrons. The lowest BCUT2D eigenvalue weighted by molar-refractivity contribution is -0.137. The fraction of sp³-hybridized carbons (Fsp3) is 0.417. The van der Waals surface area contributed by atoms with Gasteiger partial charge in [-0.1, -0.05) is 23.4 Å². The molecule has 1 N–H and O–H groups in total. The van der Waals surface area contributed by atoms with Crippen LogP contribution in [0.2, 0.25) is 5.02 Å². The normalized spacial score (nSPS) is 18.3. The van der Waals surface area contributed by atoms with Gasteiger partial charge in [-0.15, -0.1) is 0 Å². The Kier molecular flexibility index (Phi) is 3.75. The number of aliphatic imine (C=N–C) groups is 1. The second-order valence-corrected chi connectivity index (χ2v) is 6.21. The third-order valence-corrected chi connectivity index (χ3v) is 4.14. The van der Waals surface area contributed by atoms with Crippen LogP contribution in [0.25, 0.3) is 0 Å². The average Bonchev–Trinajstić information content (AvgIpc) is 2.59. The fourth-order valence-corrected chi connectivity index (χ4v) is 2.87. The van der Waals surface area contributed by atoms with Crippen molar-refractivity contribution in [2.75, 3.05) is 11.1 Å². The third kappa shape index (κ3) is 3.57. The maximum atomic E-state index is 12.7. The minimum absolute atomic E-state index is 0.188. The zero-order chi connectivity index (χ0) is 14.3. The van der Waals surface area contributed by atoms with Crippen LogP contribution < -0.4 is 5.32 Å². The van der Waals surface area contributed by atoms with E-state index in [1.54, 1.807) is 0 Å². The molecule has 0 spiro atoms. The maximum absolute atomic E-state index is 12.7. The average molecular weight is 309 g/mol. The highest BCUT2D eigenvalue weighted by atomic mass is 35.5. The molecule has 2 nitrogen and oxygen atoms in total. The van der Waals surface area contributed by atoms with Gasteiger partial charge in [-0.3, -0.25) is 4.99 Å². The highest BCUT2D eigenvalue weighted by Gasteiger charge is 2.33. The Balaban J connectivity index is 2.24. The van der Waals surface area contributed by atoms with Crippen molar-refractivity contribution in [1.82, 2.24) is 0 Å². The Bertz CT molecular complexity index is 526. The van der Waals surface area contributed by atoms with E-state index in [9.17, 15) is 13.2 Å². The third-order valence-electron chi connectivity index (χ3n) is 2.49. The number of nitrogens with zero attached hydrogens (tertiary/aromatic N) is 1. The first-order chi connectivity index (χ1) is 8.67. The zero-order valence-corrected chi connectivity index (χ0v) is 11.9. The van der Waals surface area contributed by atoms with Crippen molar-refractivity contribution in [2.24, 2.45) is 4.99 Å². The Morgan fingerprint density at radius 2 is 2.05 bits per heavy atom. The van der Waals surface area contributed by atoms with E-state index in [1.165, 1.54) is 23.9 Å². The van der Waals surface area contributed by atoms with Crippen LogP contribution in [0.15, 0.2) is 23.2 Å². The van der Waals surface area contributed by atoms with Gasteiger partial charge in [0.25, 0.3) is 0 Å². The van der Waals surface area contributed by atoms with Crippen LogP contribution in [-0.4, -0.2) is 16.5 Å². The van der Waals surface area contributed by atoms with Gasteiger partial charge in [0.05, 0.1) is 16.1 Å². The number of halogens is 4. The molecular formula is C12H12ClF3N2S. The summed E-state index contributed by atoms with van der Waals surface area (Å²) in [6.07, 6.45) is -4.46. The molecular weight excluding hydrogens is 297 g/mol. The van der Waals surface area contributed by atoms with E-state index in [-0.39, 0.29) is 10.6 Å². The molecule has 0 amide bonds. The van der Waals surface area contributed by atoms with Gasteiger partial charge in [-0.25, -0.2) is 0 Å². The highest BCUT2D eigenvalue weighted by molar-refractivity contribution is 8.14. The summed E-state index contributed by atoms with van der Waals surface area (Å²) in [6.45, 7) is 3.94. The molecule has 1 aliphatic heterocycles. The van der Waals surface area contributed by atoms with E-state index in [2.05, 4.69) is 10.3 Å². The first kappa shape index (κ1) is 14.5.